The van der Waals surface area contributed by atoms with Crippen molar-refractivity contribution < 1.29 is 4.79 Å². The monoisotopic (exact) mass is 479 g/mol. The predicted molar refractivity (Wildman–Crippen MR) is 89.0 cm³/mol. The zero-order chi connectivity index (χ0) is 13.1. The number of para-hydroxylation sites is 1. The normalized spacial score (nSPS) is 10.2. The quantitative estimate of drug-likeness (QED) is 0.597. The van der Waals surface area contributed by atoms with Gasteiger partial charge in [-0.25, -0.2) is 0 Å². The highest BCUT2D eigenvalue weighted by Gasteiger charge is 2.10. The van der Waals surface area contributed by atoms with E-state index < -0.39 is 0 Å². The molecule has 2 nitrogen and oxygen atoms in total. The largest absolute Gasteiger partial charge is 0.320 e. The van der Waals surface area contributed by atoms with E-state index in [9.17, 15) is 4.79 Å². The molecule has 0 aliphatic carbocycles. The lowest BCUT2D eigenvalue weighted by atomic mass is 10.2. The number of halogens is 3. The van der Waals surface area contributed by atoms with Gasteiger partial charge in [0.15, 0.2) is 0 Å². The van der Waals surface area contributed by atoms with Crippen molar-refractivity contribution in [3.63, 3.8) is 0 Å². The third kappa shape index (κ3) is 3.33. The third-order valence-corrected chi connectivity index (χ3v) is 4.28. The van der Waals surface area contributed by atoms with Crippen molar-refractivity contribution in [1.29, 1.82) is 0 Å². The Morgan fingerprint density at radius 2 is 1.67 bits per heavy atom. The van der Waals surface area contributed by atoms with Gasteiger partial charge in [-0.05, 0) is 84.8 Å². The van der Waals surface area contributed by atoms with Gasteiger partial charge < -0.3 is 5.32 Å². The maximum atomic E-state index is 12.1. The highest BCUT2D eigenvalue weighted by molar-refractivity contribution is 14.1. The van der Waals surface area contributed by atoms with Gasteiger partial charge in [-0.2, -0.15) is 0 Å². The van der Waals surface area contributed by atoms with Crippen LogP contribution >= 0.6 is 54.5 Å². The molecule has 0 spiro atoms. The lowest BCUT2D eigenvalue weighted by molar-refractivity contribution is 0.102. The van der Waals surface area contributed by atoms with E-state index in [1.165, 1.54) is 0 Å². The van der Waals surface area contributed by atoms with Crippen LogP contribution in [0.25, 0.3) is 0 Å². The smallest absolute Gasteiger partial charge is 0.255 e. The molecule has 92 valence electrons. The van der Waals surface area contributed by atoms with Crippen LogP contribution in [0.5, 0.6) is 0 Å². The van der Waals surface area contributed by atoms with Gasteiger partial charge in [-0.15, -0.1) is 0 Å². The van der Waals surface area contributed by atoms with E-state index in [0.29, 0.717) is 5.56 Å². The molecule has 0 saturated heterocycles. The Kier molecular flexibility index (Phi) is 4.80. The Morgan fingerprint density at radius 1 is 1.06 bits per heavy atom. The first-order valence-electron chi connectivity index (χ1n) is 5.09. The summed E-state index contributed by atoms with van der Waals surface area (Å²) in [6.45, 7) is 0. The Morgan fingerprint density at radius 3 is 2.28 bits per heavy atom. The average Bonchev–Trinajstić information content (AvgIpc) is 2.34. The van der Waals surface area contributed by atoms with Gasteiger partial charge in [-0.3, -0.25) is 4.79 Å². The summed E-state index contributed by atoms with van der Waals surface area (Å²) in [7, 11) is 0. The summed E-state index contributed by atoms with van der Waals surface area (Å²) in [4.78, 5) is 12.1. The average molecular weight is 481 g/mol. The molecule has 0 fully saturated rings. The lowest BCUT2D eigenvalue weighted by Crippen LogP contribution is -2.12. The fourth-order valence-corrected chi connectivity index (χ4v) is 3.17. The van der Waals surface area contributed by atoms with Crippen LogP contribution in [-0.4, -0.2) is 5.91 Å². The van der Waals surface area contributed by atoms with Gasteiger partial charge >= 0.3 is 0 Å². The van der Waals surface area contributed by atoms with Crippen molar-refractivity contribution in [2.24, 2.45) is 0 Å². The minimum absolute atomic E-state index is 0.124. The topological polar surface area (TPSA) is 29.1 Å². The van der Waals surface area contributed by atoms with Crippen LogP contribution < -0.4 is 5.32 Å². The minimum Gasteiger partial charge on any atom is -0.320 e. The second-order valence-corrected chi connectivity index (χ2v) is 6.52. The van der Waals surface area contributed by atoms with Crippen LogP contribution in [0, 0.1) is 3.57 Å². The molecule has 0 aliphatic rings. The molecule has 0 saturated carbocycles. The van der Waals surface area contributed by atoms with Crippen LogP contribution in [0.2, 0.25) is 0 Å². The maximum absolute atomic E-state index is 12.1. The molecule has 1 N–H and O–H groups in total. The summed E-state index contributed by atoms with van der Waals surface area (Å²) >= 11 is 9.02. The van der Waals surface area contributed by atoms with Crippen LogP contribution in [0.15, 0.2) is 51.4 Å². The van der Waals surface area contributed by atoms with Crippen molar-refractivity contribution >= 4 is 66.0 Å². The molecule has 0 aliphatic heterocycles. The summed E-state index contributed by atoms with van der Waals surface area (Å²) in [6, 6.07) is 13.1. The summed E-state index contributed by atoms with van der Waals surface area (Å²) in [5.41, 5.74) is 1.38. The molecular formula is C13H8Br2INO. The molecule has 2 aromatic rings. The number of nitrogens with one attached hydrogen (secondary N) is 1. The zero-order valence-electron chi connectivity index (χ0n) is 9.08. The van der Waals surface area contributed by atoms with Gasteiger partial charge in [-0.1, -0.05) is 12.1 Å². The van der Waals surface area contributed by atoms with Gasteiger partial charge in [0.1, 0.15) is 0 Å². The van der Waals surface area contributed by atoms with Crippen LogP contribution in [0.1, 0.15) is 10.4 Å². The maximum Gasteiger partial charge on any atom is 0.255 e. The number of hydrogen-bond acceptors (Lipinski definition) is 1. The Labute approximate surface area is 136 Å². The highest BCUT2D eigenvalue weighted by atomic mass is 127. The molecule has 0 radical (unpaired) electrons. The standard InChI is InChI=1S/C13H8Br2INO/c14-10-5-2-6-11(15)12(10)17-13(18)8-3-1-4-9(16)7-8/h1-7H,(H,17,18). The molecule has 2 rings (SSSR count). The highest BCUT2D eigenvalue weighted by Crippen LogP contribution is 2.30. The fourth-order valence-electron chi connectivity index (χ4n) is 1.43. The molecule has 0 atom stereocenters. The van der Waals surface area contributed by atoms with Crippen molar-refractivity contribution in [3.8, 4) is 0 Å². The van der Waals surface area contributed by atoms with Crippen molar-refractivity contribution in [2.75, 3.05) is 5.32 Å². The minimum atomic E-state index is -0.124. The van der Waals surface area contributed by atoms with E-state index in [1.54, 1.807) is 6.07 Å². The fraction of sp³-hybridized carbons (Fsp3) is 0. The van der Waals surface area contributed by atoms with Gasteiger partial charge in [0.05, 0.1) is 5.69 Å². The van der Waals surface area contributed by atoms with Crippen LogP contribution in [-0.2, 0) is 0 Å². The Hall–Kier alpha value is -0.400. The first-order chi connectivity index (χ1) is 8.58. The number of anilines is 1. The molecule has 0 unspecified atom stereocenters. The molecule has 0 heterocycles. The first kappa shape index (κ1) is 14.0. The number of hydrogen-bond donors (Lipinski definition) is 1. The number of rotatable bonds is 2. The number of carbonyl (C=O) groups excluding carboxylic acids is 1. The molecule has 1 amide bonds. The molecule has 5 heteroatoms. The number of carbonyl (C=O) groups is 1. The summed E-state index contributed by atoms with van der Waals surface area (Å²) in [5, 5.41) is 2.89. The van der Waals surface area contributed by atoms with Crippen LogP contribution in [0.4, 0.5) is 5.69 Å². The molecular weight excluding hydrogens is 473 g/mol. The molecule has 2 aromatic carbocycles. The molecule has 0 aromatic heterocycles. The Bertz CT molecular complexity index is 581. The summed E-state index contributed by atoms with van der Waals surface area (Å²) in [5.74, 6) is -0.124. The second kappa shape index (κ2) is 6.16. The van der Waals surface area contributed by atoms with Crippen molar-refractivity contribution in [2.45, 2.75) is 0 Å². The van der Waals surface area contributed by atoms with Crippen molar-refractivity contribution in [3.05, 3.63) is 60.5 Å². The zero-order valence-corrected chi connectivity index (χ0v) is 14.4. The van der Waals surface area contributed by atoms with E-state index in [4.69, 9.17) is 0 Å². The van der Waals surface area contributed by atoms with Gasteiger partial charge in [0.25, 0.3) is 5.91 Å². The lowest BCUT2D eigenvalue weighted by Gasteiger charge is -2.09. The number of benzene rings is 2. The first-order valence-corrected chi connectivity index (χ1v) is 7.75. The van der Waals surface area contributed by atoms with E-state index in [1.807, 2.05) is 36.4 Å². The SMILES string of the molecule is O=C(Nc1c(Br)cccc1Br)c1cccc(I)c1. The van der Waals surface area contributed by atoms with Gasteiger partial charge in [0.2, 0.25) is 0 Å². The predicted octanol–water partition coefficient (Wildman–Crippen LogP) is 5.07. The number of amides is 1. The van der Waals surface area contributed by atoms with E-state index in [0.717, 1.165) is 18.2 Å². The summed E-state index contributed by atoms with van der Waals surface area (Å²) in [6.07, 6.45) is 0. The second-order valence-electron chi connectivity index (χ2n) is 3.56. The van der Waals surface area contributed by atoms with E-state index in [2.05, 4.69) is 59.8 Å². The van der Waals surface area contributed by atoms with E-state index in [-0.39, 0.29) is 5.91 Å². The van der Waals surface area contributed by atoms with Crippen LogP contribution in [0.3, 0.4) is 0 Å². The molecule has 0 bridgehead atoms. The Balaban J connectivity index is 2.27. The third-order valence-electron chi connectivity index (χ3n) is 2.29. The van der Waals surface area contributed by atoms with E-state index >= 15 is 0 Å². The summed E-state index contributed by atoms with van der Waals surface area (Å²) < 4.78 is 2.72. The van der Waals surface area contributed by atoms with Crippen molar-refractivity contribution in [1.82, 2.24) is 0 Å². The van der Waals surface area contributed by atoms with Gasteiger partial charge in [0, 0.05) is 18.1 Å². The molecule has 18 heavy (non-hydrogen) atoms.